The topological polar surface area (TPSA) is 43.4 Å². The van der Waals surface area contributed by atoms with Crippen LogP contribution in [-0.2, 0) is 14.3 Å². The average molecular weight is 224 g/mol. The molecule has 0 saturated carbocycles. The highest BCUT2D eigenvalue weighted by molar-refractivity contribution is 5.95. The summed E-state index contributed by atoms with van der Waals surface area (Å²) in [5.74, 6) is -0.465. The lowest BCUT2D eigenvalue weighted by molar-refractivity contribution is -0.153. The van der Waals surface area contributed by atoms with Gasteiger partial charge in [0.1, 0.15) is 0 Å². The number of esters is 2. The van der Waals surface area contributed by atoms with Crippen molar-refractivity contribution < 1.29 is 14.3 Å². The Morgan fingerprint density at radius 3 is 2.50 bits per heavy atom. The van der Waals surface area contributed by atoms with Gasteiger partial charge in [-0.2, -0.15) is 0 Å². The quantitative estimate of drug-likeness (QED) is 0.409. The van der Waals surface area contributed by atoms with E-state index in [1.54, 1.807) is 0 Å². The smallest absolute Gasteiger partial charge is 0.317 e. The van der Waals surface area contributed by atoms with Gasteiger partial charge in [0.25, 0.3) is 0 Å². The highest BCUT2D eigenvalue weighted by Crippen LogP contribution is 2.33. The third-order valence-corrected chi connectivity index (χ3v) is 3.02. The molecule has 0 aromatic carbocycles. The highest BCUT2D eigenvalue weighted by Gasteiger charge is 2.39. The summed E-state index contributed by atoms with van der Waals surface area (Å²) >= 11 is 0. The van der Waals surface area contributed by atoms with Crippen molar-refractivity contribution in [3.05, 3.63) is 12.2 Å². The van der Waals surface area contributed by atoms with Crippen molar-refractivity contribution in [2.75, 3.05) is 0 Å². The second kappa shape index (κ2) is 5.28. The van der Waals surface area contributed by atoms with Crippen LogP contribution in [0.3, 0.4) is 0 Å². The SMILES string of the molecule is C=C(CC(C)C)C(CC)C1CC(=O)OC1=O. The zero-order valence-electron chi connectivity index (χ0n) is 10.3. The molecule has 16 heavy (non-hydrogen) atoms. The number of hydrogen-bond donors (Lipinski definition) is 0. The van der Waals surface area contributed by atoms with Gasteiger partial charge >= 0.3 is 11.9 Å². The summed E-state index contributed by atoms with van der Waals surface area (Å²) in [5, 5.41) is 0. The van der Waals surface area contributed by atoms with E-state index in [9.17, 15) is 9.59 Å². The molecule has 3 heteroatoms. The standard InChI is InChI=1S/C13H20O3/c1-5-10(9(4)6-8(2)3)11-7-12(14)16-13(11)15/h8,10-11H,4-7H2,1-3H3. The summed E-state index contributed by atoms with van der Waals surface area (Å²) in [5.41, 5.74) is 1.06. The number of cyclic esters (lactones) is 2. The fraction of sp³-hybridized carbons (Fsp3) is 0.692. The van der Waals surface area contributed by atoms with E-state index in [2.05, 4.69) is 25.2 Å². The maximum Gasteiger partial charge on any atom is 0.317 e. The van der Waals surface area contributed by atoms with Crippen LogP contribution in [0.5, 0.6) is 0 Å². The maximum atomic E-state index is 11.5. The van der Waals surface area contributed by atoms with Crippen LogP contribution in [0.2, 0.25) is 0 Å². The number of hydrogen-bond acceptors (Lipinski definition) is 3. The van der Waals surface area contributed by atoms with E-state index in [-0.39, 0.29) is 24.2 Å². The van der Waals surface area contributed by atoms with Gasteiger partial charge in [-0.3, -0.25) is 9.59 Å². The molecule has 2 atom stereocenters. The minimum absolute atomic E-state index is 0.0846. The summed E-state index contributed by atoms with van der Waals surface area (Å²) in [6, 6.07) is 0. The van der Waals surface area contributed by atoms with E-state index in [4.69, 9.17) is 0 Å². The van der Waals surface area contributed by atoms with Crippen molar-refractivity contribution in [1.82, 2.24) is 0 Å². The Hall–Kier alpha value is -1.12. The van der Waals surface area contributed by atoms with Crippen LogP contribution in [0.1, 0.15) is 40.0 Å². The molecule has 3 nitrogen and oxygen atoms in total. The predicted octanol–water partition coefficient (Wildman–Crippen LogP) is 2.70. The van der Waals surface area contributed by atoms with E-state index >= 15 is 0 Å². The zero-order valence-corrected chi connectivity index (χ0v) is 10.3. The van der Waals surface area contributed by atoms with Crippen molar-refractivity contribution in [2.24, 2.45) is 17.8 Å². The normalized spacial score (nSPS) is 22.4. The molecule has 1 aliphatic heterocycles. The maximum absolute atomic E-state index is 11.5. The molecule has 90 valence electrons. The van der Waals surface area contributed by atoms with Gasteiger partial charge in [0.15, 0.2) is 0 Å². The Morgan fingerprint density at radius 1 is 1.50 bits per heavy atom. The number of ether oxygens (including phenoxy) is 1. The summed E-state index contributed by atoms with van der Waals surface area (Å²) in [6.07, 6.45) is 1.95. The molecule has 0 amide bonds. The van der Waals surface area contributed by atoms with E-state index < -0.39 is 5.97 Å². The molecule has 2 unspecified atom stereocenters. The Bertz CT molecular complexity index is 304. The molecule has 1 heterocycles. The molecule has 0 aromatic rings. The van der Waals surface area contributed by atoms with Crippen molar-refractivity contribution in [2.45, 2.75) is 40.0 Å². The lowest BCUT2D eigenvalue weighted by Gasteiger charge is -2.22. The summed E-state index contributed by atoms with van der Waals surface area (Å²) < 4.78 is 4.59. The number of carbonyl (C=O) groups is 2. The fourth-order valence-electron chi connectivity index (χ4n) is 2.33. The first-order valence-corrected chi connectivity index (χ1v) is 5.87. The third kappa shape index (κ3) is 2.94. The van der Waals surface area contributed by atoms with Gasteiger partial charge in [0.05, 0.1) is 12.3 Å². The summed E-state index contributed by atoms with van der Waals surface area (Å²) in [7, 11) is 0. The van der Waals surface area contributed by atoms with Gasteiger partial charge in [0, 0.05) is 0 Å². The molecule has 0 bridgehead atoms. The molecule has 0 aromatic heterocycles. The molecule has 0 aliphatic carbocycles. The second-order valence-electron chi connectivity index (χ2n) is 4.87. The first-order valence-electron chi connectivity index (χ1n) is 5.87. The van der Waals surface area contributed by atoms with Crippen molar-refractivity contribution in [1.29, 1.82) is 0 Å². The van der Waals surface area contributed by atoms with Gasteiger partial charge in [-0.05, 0) is 24.7 Å². The molecule has 0 spiro atoms. The second-order valence-corrected chi connectivity index (χ2v) is 4.87. The number of allylic oxidation sites excluding steroid dienone is 1. The lowest BCUT2D eigenvalue weighted by atomic mass is 9.80. The molecule has 1 aliphatic rings. The van der Waals surface area contributed by atoms with E-state index in [0.29, 0.717) is 5.92 Å². The minimum atomic E-state index is -0.397. The first-order chi connectivity index (χ1) is 7.45. The molecule has 0 radical (unpaired) electrons. The first kappa shape index (κ1) is 12.9. The predicted molar refractivity (Wildman–Crippen MR) is 61.6 cm³/mol. The lowest BCUT2D eigenvalue weighted by Crippen LogP contribution is -2.21. The Morgan fingerprint density at radius 2 is 2.12 bits per heavy atom. The van der Waals surface area contributed by atoms with Crippen molar-refractivity contribution in [3.63, 3.8) is 0 Å². The monoisotopic (exact) mass is 224 g/mol. The fourth-order valence-corrected chi connectivity index (χ4v) is 2.33. The number of carbonyl (C=O) groups excluding carboxylic acids is 2. The van der Waals surface area contributed by atoms with Crippen molar-refractivity contribution in [3.8, 4) is 0 Å². The molecular formula is C13H20O3. The van der Waals surface area contributed by atoms with E-state index in [0.717, 1.165) is 18.4 Å². The molecule has 1 rings (SSSR count). The van der Waals surface area contributed by atoms with E-state index in [1.165, 1.54) is 0 Å². The van der Waals surface area contributed by atoms with Crippen LogP contribution in [0, 0.1) is 17.8 Å². The Balaban J connectivity index is 2.70. The largest absolute Gasteiger partial charge is 0.393 e. The van der Waals surface area contributed by atoms with E-state index in [1.807, 2.05) is 6.92 Å². The third-order valence-electron chi connectivity index (χ3n) is 3.02. The van der Waals surface area contributed by atoms with Gasteiger partial charge in [-0.15, -0.1) is 0 Å². The molecular weight excluding hydrogens is 204 g/mol. The Kier molecular flexibility index (Phi) is 4.27. The van der Waals surface area contributed by atoms with Crippen molar-refractivity contribution >= 4 is 11.9 Å². The van der Waals surface area contributed by atoms with Crippen LogP contribution < -0.4 is 0 Å². The molecule has 0 N–H and O–H groups in total. The Labute approximate surface area is 96.9 Å². The minimum Gasteiger partial charge on any atom is -0.393 e. The molecule has 1 saturated heterocycles. The highest BCUT2D eigenvalue weighted by atomic mass is 16.6. The summed E-state index contributed by atoms with van der Waals surface area (Å²) in [6.45, 7) is 10.3. The number of rotatable bonds is 5. The van der Waals surface area contributed by atoms with Crippen LogP contribution in [-0.4, -0.2) is 11.9 Å². The van der Waals surface area contributed by atoms with Gasteiger partial charge < -0.3 is 4.74 Å². The average Bonchev–Trinajstić information content (AvgIpc) is 2.45. The van der Waals surface area contributed by atoms with Gasteiger partial charge in [-0.25, -0.2) is 0 Å². The van der Waals surface area contributed by atoms with Crippen LogP contribution >= 0.6 is 0 Å². The van der Waals surface area contributed by atoms with Crippen LogP contribution in [0.4, 0.5) is 0 Å². The van der Waals surface area contributed by atoms with Gasteiger partial charge in [-0.1, -0.05) is 32.9 Å². The van der Waals surface area contributed by atoms with Crippen LogP contribution in [0.25, 0.3) is 0 Å². The van der Waals surface area contributed by atoms with Gasteiger partial charge in [0.2, 0.25) is 0 Å². The molecule has 1 fully saturated rings. The zero-order chi connectivity index (χ0) is 12.3. The van der Waals surface area contributed by atoms with Crippen LogP contribution in [0.15, 0.2) is 12.2 Å². The summed E-state index contributed by atoms with van der Waals surface area (Å²) in [4.78, 5) is 22.5.